The number of likely N-dealkylation sites (tertiary alicyclic amines) is 1. The molecule has 0 spiro atoms. The monoisotopic (exact) mass is 394 g/mol. The number of ether oxygens (including phenoxy) is 1. The van der Waals surface area contributed by atoms with Crippen LogP contribution in [0.3, 0.4) is 0 Å². The van der Waals surface area contributed by atoms with Gasteiger partial charge in [0.1, 0.15) is 5.75 Å². The van der Waals surface area contributed by atoms with Gasteiger partial charge in [-0.15, -0.1) is 11.3 Å². The van der Waals surface area contributed by atoms with Crippen LogP contribution in [-0.2, 0) is 6.54 Å². The molecule has 0 unspecified atom stereocenters. The Morgan fingerprint density at radius 2 is 2.04 bits per heavy atom. The summed E-state index contributed by atoms with van der Waals surface area (Å²) in [7, 11) is 1.65. The van der Waals surface area contributed by atoms with Gasteiger partial charge in [0.05, 0.1) is 17.6 Å². The fraction of sp³-hybridized carbons (Fsp3) is 0.286. The molecule has 3 heterocycles. The molecule has 1 fully saturated rings. The Bertz CT molecular complexity index is 971. The average molecular weight is 395 g/mol. The van der Waals surface area contributed by atoms with E-state index in [0.29, 0.717) is 16.7 Å². The number of methoxy groups -OCH3 is 1. The van der Waals surface area contributed by atoms with Crippen LogP contribution in [0.2, 0.25) is 0 Å². The first-order valence-corrected chi connectivity index (χ1v) is 10.1. The number of nitrogens with zero attached hydrogens (tertiary/aromatic N) is 3. The SMILES string of the molecule is COc1ccccc1-c1ncc(CN2CCC[C@@H]2c2ccc(C(N)=O)s2)cn1. The summed E-state index contributed by atoms with van der Waals surface area (Å²) in [5.41, 5.74) is 7.35. The quantitative estimate of drug-likeness (QED) is 0.690. The van der Waals surface area contributed by atoms with E-state index < -0.39 is 0 Å². The molecule has 6 nitrogen and oxygen atoms in total. The minimum Gasteiger partial charge on any atom is -0.496 e. The van der Waals surface area contributed by atoms with Crippen LogP contribution in [0, 0.1) is 0 Å². The molecule has 1 amide bonds. The molecule has 28 heavy (non-hydrogen) atoms. The van der Waals surface area contributed by atoms with E-state index in [1.807, 2.05) is 48.8 Å². The minimum absolute atomic E-state index is 0.312. The predicted octanol–water partition coefficient (Wildman–Crippen LogP) is 3.65. The van der Waals surface area contributed by atoms with Crippen molar-refractivity contribution in [3.8, 4) is 17.1 Å². The summed E-state index contributed by atoms with van der Waals surface area (Å²) in [5, 5.41) is 0. The van der Waals surface area contributed by atoms with Gasteiger partial charge in [0.2, 0.25) is 0 Å². The second-order valence-electron chi connectivity index (χ2n) is 6.81. The van der Waals surface area contributed by atoms with Gasteiger partial charge in [-0.3, -0.25) is 9.69 Å². The van der Waals surface area contributed by atoms with Crippen LogP contribution in [0.4, 0.5) is 0 Å². The Kier molecular flexibility index (Phi) is 5.36. The third-order valence-electron chi connectivity index (χ3n) is 5.00. The van der Waals surface area contributed by atoms with Crippen molar-refractivity contribution in [3.63, 3.8) is 0 Å². The van der Waals surface area contributed by atoms with E-state index in [9.17, 15) is 4.79 Å². The van der Waals surface area contributed by atoms with E-state index in [2.05, 4.69) is 14.9 Å². The summed E-state index contributed by atoms with van der Waals surface area (Å²) in [4.78, 5) is 24.7. The summed E-state index contributed by atoms with van der Waals surface area (Å²) in [5.74, 6) is 1.06. The van der Waals surface area contributed by atoms with E-state index in [4.69, 9.17) is 10.5 Å². The molecule has 0 saturated carbocycles. The lowest BCUT2D eigenvalue weighted by atomic mass is 10.1. The highest BCUT2D eigenvalue weighted by Crippen LogP contribution is 2.36. The number of carbonyl (C=O) groups is 1. The van der Waals surface area contributed by atoms with E-state index >= 15 is 0 Å². The predicted molar refractivity (Wildman–Crippen MR) is 109 cm³/mol. The molecule has 4 rings (SSSR count). The number of rotatable bonds is 6. The van der Waals surface area contributed by atoms with Crippen molar-refractivity contribution in [2.24, 2.45) is 5.73 Å². The highest BCUT2D eigenvalue weighted by atomic mass is 32.1. The molecule has 2 N–H and O–H groups in total. The zero-order chi connectivity index (χ0) is 19.5. The lowest BCUT2D eigenvalue weighted by Gasteiger charge is -2.23. The van der Waals surface area contributed by atoms with Gasteiger partial charge in [0.15, 0.2) is 5.82 Å². The molecule has 144 valence electrons. The maximum atomic E-state index is 11.4. The van der Waals surface area contributed by atoms with Gasteiger partial charge < -0.3 is 10.5 Å². The molecule has 7 heteroatoms. The maximum Gasteiger partial charge on any atom is 0.258 e. The number of aromatic nitrogens is 2. The molecule has 0 radical (unpaired) electrons. The third-order valence-corrected chi connectivity index (χ3v) is 6.20. The molecule has 3 aromatic rings. The van der Waals surface area contributed by atoms with Crippen molar-refractivity contribution >= 4 is 17.2 Å². The number of carbonyl (C=O) groups excluding carboxylic acids is 1. The van der Waals surface area contributed by atoms with E-state index in [1.165, 1.54) is 16.2 Å². The van der Waals surface area contributed by atoms with E-state index in [0.717, 1.165) is 42.8 Å². The van der Waals surface area contributed by atoms with Crippen LogP contribution in [0.1, 0.15) is 39.0 Å². The normalized spacial score (nSPS) is 17.0. The number of benzene rings is 1. The molecule has 0 bridgehead atoms. The van der Waals surface area contributed by atoms with Crippen molar-refractivity contribution in [2.45, 2.75) is 25.4 Å². The van der Waals surface area contributed by atoms with Crippen molar-refractivity contribution < 1.29 is 9.53 Å². The number of amides is 1. The standard InChI is InChI=1S/C21H22N4O2S/c1-27-17-7-3-2-5-15(17)21-23-11-14(12-24-21)13-25-10-4-6-16(25)18-8-9-19(28-18)20(22)26/h2-3,5,7-9,11-12,16H,4,6,10,13H2,1H3,(H2,22,26)/t16-/m1/s1. The van der Waals surface area contributed by atoms with Crippen LogP contribution < -0.4 is 10.5 Å². The van der Waals surface area contributed by atoms with Crippen molar-refractivity contribution in [1.82, 2.24) is 14.9 Å². The largest absolute Gasteiger partial charge is 0.496 e. The number of primary amides is 1. The van der Waals surface area contributed by atoms with Gasteiger partial charge in [-0.25, -0.2) is 9.97 Å². The molecular weight excluding hydrogens is 372 g/mol. The van der Waals surface area contributed by atoms with E-state index in [1.54, 1.807) is 7.11 Å². The topological polar surface area (TPSA) is 81.3 Å². The molecule has 1 saturated heterocycles. The minimum atomic E-state index is -0.360. The zero-order valence-electron chi connectivity index (χ0n) is 15.7. The van der Waals surface area contributed by atoms with Gasteiger partial charge in [0.25, 0.3) is 5.91 Å². The Balaban J connectivity index is 1.49. The Morgan fingerprint density at radius 3 is 2.75 bits per heavy atom. The van der Waals surface area contributed by atoms with Crippen LogP contribution in [-0.4, -0.2) is 34.4 Å². The van der Waals surface area contributed by atoms with Crippen LogP contribution in [0.15, 0.2) is 48.8 Å². The van der Waals surface area contributed by atoms with Crippen LogP contribution in [0.25, 0.3) is 11.4 Å². The summed E-state index contributed by atoms with van der Waals surface area (Å²) >= 11 is 1.50. The van der Waals surface area contributed by atoms with Gasteiger partial charge >= 0.3 is 0 Å². The van der Waals surface area contributed by atoms with Crippen LogP contribution >= 0.6 is 11.3 Å². The number of hydrogen-bond donors (Lipinski definition) is 1. The summed E-state index contributed by atoms with van der Waals surface area (Å²) in [6.45, 7) is 1.80. The van der Waals surface area contributed by atoms with Crippen molar-refractivity contribution in [2.75, 3.05) is 13.7 Å². The van der Waals surface area contributed by atoms with Gasteiger partial charge in [-0.05, 0) is 43.7 Å². The fourth-order valence-electron chi connectivity index (χ4n) is 3.64. The molecule has 0 aliphatic carbocycles. The second kappa shape index (κ2) is 8.08. The third kappa shape index (κ3) is 3.76. The Hall–Kier alpha value is -2.77. The lowest BCUT2D eigenvalue weighted by molar-refractivity contribution is 0.100. The lowest BCUT2D eigenvalue weighted by Crippen LogP contribution is -2.22. The Morgan fingerprint density at radius 1 is 1.25 bits per heavy atom. The smallest absolute Gasteiger partial charge is 0.258 e. The number of hydrogen-bond acceptors (Lipinski definition) is 6. The van der Waals surface area contributed by atoms with Crippen molar-refractivity contribution in [1.29, 1.82) is 0 Å². The number of para-hydroxylation sites is 1. The summed E-state index contributed by atoms with van der Waals surface area (Å²) in [6, 6.07) is 11.9. The highest BCUT2D eigenvalue weighted by molar-refractivity contribution is 7.14. The van der Waals surface area contributed by atoms with Gasteiger partial charge in [0, 0.05) is 35.4 Å². The number of thiophene rings is 1. The average Bonchev–Trinajstić information content (AvgIpc) is 3.38. The van der Waals surface area contributed by atoms with Crippen molar-refractivity contribution in [3.05, 3.63) is 64.1 Å². The molecule has 1 aliphatic rings. The van der Waals surface area contributed by atoms with Gasteiger partial charge in [-0.2, -0.15) is 0 Å². The van der Waals surface area contributed by atoms with E-state index in [-0.39, 0.29) is 5.91 Å². The molecule has 1 aromatic carbocycles. The first-order valence-electron chi connectivity index (χ1n) is 9.23. The highest BCUT2D eigenvalue weighted by Gasteiger charge is 2.27. The molecule has 2 aromatic heterocycles. The van der Waals surface area contributed by atoms with Gasteiger partial charge in [-0.1, -0.05) is 12.1 Å². The molecule has 1 aliphatic heterocycles. The molecular formula is C21H22N4O2S. The number of nitrogens with two attached hydrogens (primary N) is 1. The first-order chi connectivity index (χ1) is 13.7. The second-order valence-corrected chi connectivity index (χ2v) is 7.93. The fourth-order valence-corrected chi connectivity index (χ4v) is 4.67. The summed E-state index contributed by atoms with van der Waals surface area (Å²) in [6.07, 6.45) is 5.98. The zero-order valence-corrected chi connectivity index (χ0v) is 16.5. The Labute approximate surface area is 168 Å². The summed E-state index contributed by atoms with van der Waals surface area (Å²) < 4.78 is 5.40. The van der Waals surface area contributed by atoms with Crippen LogP contribution in [0.5, 0.6) is 5.75 Å². The maximum absolute atomic E-state index is 11.4. The molecule has 1 atom stereocenters. The first kappa shape index (κ1) is 18.6.